The Morgan fingerprint density at radius 2 is 1.84 bits per heavy atom. The molecule has 2 aromatic carbocycles. The van der Waals surface area contributed by atoms with E-state index >= 15 is 0 Å². The summed E-state index contributed by atoms with van der Waals surface area (Å²) in [4.78, 5) is 28.5. The predicted molar refractivity (Wildman–Crippen MR) is 101 cm³/mol. The number of aldehydes is 1. The first-order valence-electron chi connectivity index (χ1n) is 7.68. The van der Waals surface area contributed by atoms with Gasteiger partial charge in [-0.1, -0.05) is 48.3 Å². The lowest BCUT2D eigenvalue weighted by Crippen LogP contribution is -2.14. The Bertz CT molecular complexity index is 966. The van der Waals surface area contributed by atoms with Crippen LogP contribution in [0.1, 0.15) is 33.2 Å². The Morgan fingerprint density at radius 3 is 2.48 bits per heavy atom. The van der Waals surface area contributed by atoms with Crippen LogP contribution < -0.4 is 5.32 Å². The van der Waals surface area contributed by atoms with Crippen LogP contribution in [0, 0.1) is 0 Å². The number of nitrogens with one attached hydrogen (secondary N) is 1. The highest BCUT2D eigenvalue weighted by Gasteiger charge is 2.17. The number of aryl methyl sites for hydroxylation is 1. The van der Waals surface area contributed by atoms with Crippen molar-refractivity contribution in [2.24, 2.45) is 0 Å². The average Bonchev–Trinajstić information content (AvgIpc) is 2.60. The number of carbonyl (C=O) groups is 2. The molecule has 1 amide bonds. The van der Waals surface area contributed by atoms with Gasteiger partial charge in [-0.05, 0) is 30.2 Å². The summed E-state index contributed by atoms with van der Waals surface area (Å²) in [6, 6.07) is 10.2. The zero-order chi connectivity index (χ0) is 18.0. The van der Waals surface area contributed by atoms with E-state index in [2.05, 4.69) is 10.3 Å². The molecule has 0 atom stereocenters. The number of amides is 1. The molecule has 1 heterocycles. The SMILES string of the molecule is CCc1cnc2c(NC(=O)c3c(Cl)cccc3Cl)cccc2c1C=O. The maximum Gasteiger partial charge on any atom is 0.258 e. The summed E-state index contributed by atoms with van der Waals surface area (Å²) in [5.74, 6) is -0.433. The molecule has 0 fully saturated rings. The minimum atomic E-state index is -0.433. The van der Waals surface area contributed by atoms with Gasteiger partial charge in [-0.15, -0.1) is 0 Å². The number of anilines is 1. The van der Waals surface area contributed by atoms with E-state index in [1.54, 1.807) is 36.5 Å². The summed E-state index contributed by atoms with van der Waals surface area (Å²) in [7, 11) is 0. The number of carbonyl (C=O) groups excluding carboxylic acids is 2. The Morgan fingerprint density at radius 1 is 1.16 bits per heavy atom. The van der Waals surface area contributed by atoms with E-state index in [4.69, 9.17) is 23.2 Å². The minimum Gasteiger partial charge on any atom is -0.320 e. The second kappa shape index (κ2) is 7.21. The van der Waals surface area contributed by atoms with Gasteiger partial charge in [0, 0.05) is 17.1 Å². The third-order valence-electron chi connectivity index (χ3n) is 3.96. The molecular weight excluding hydrogens is 359 g/mol. The highest BCUT2D eigenvalue weighted by Crippen LogP contribution is 2.29. The smallest absolute Gasteiger partial charge is 0.258 e. The molecule has 0 saturated carbocycles. The normalized spacial score (nSPS) is 10.7. The Labute approximate surface area is 154 Å². The monoisotopic (exact) mass is 372 g/mol. The number of pyridine rings is 1. The van der Waals surface area contributed by atoms with Gasteiger partial charge in [0.2, 0.25) is 0 Å². The predicted octanol–water partition coefficient (Wildman–Crippen LogP) is 5.17. The maximum atomic E-state index is 12.6. The number of hydrogen-bond donors (Lipinski definition) is 1. The van der Waals surface area contributed by atoms with Gasteiger partial charge in [0.1, 0.15) is 0 Å². The van der Waals surface area contributed by atoms with Crippen LogP contribution in [0.25, 0.3) is 10.9 Å². The fraction of sp³-hybridized carbons (Fsp3) is 0.105. The summed E-state index contributed by atoms with van der Waals surface area (Å²) in [5, 5.41) is 4.01. The lowest BCUT2D eigenvalue weighted by molar-refractivity contribution is 0.102. The summed E-state index contributed by atoms with van der Waals surface area (Å²) in [6.07, 6.45) is 3.17. The van der Waals surface area contributed by atoms with Crippen molar-refractivity contribution in [3.8, 4) is 0 Å². The molecule has 1 N–H and O–H groups in total. The second-order valence-electron chi connectivity index (χ2n) is 5.42. The largest absolute Gasteiger partial charge is 0.320 e. The second-order valence-corrected chi connectivity index (χ2v) is 6.24. The van der Waals surface area contributed by atoms with E-state index in [0.29, 0.717) is 28.6 Å². The van der Waals surface area contributed by atoms with Crippen molar-refractivity contribution in [1.29, 1.82) is 0 Å². The Hall–Kier alpha value is -2.43. The first-order chi connectivity index (χ1) is 12.1. The standard InChI is InChI=1S/C19H14Cl2N2O2/c1-2-11-9-22-18-12(13(11)10-24)5-3-8-16(18)23-19(25)17-14(20)6-4-7-15(17)21/h3-10H,2H2,1H3,(H,23,25). The first kappa shape index (κ1) is 17.4. The fourth-order valence-electron chi connectivity index (χ4n) is 2.71. The number of halogens is 2. The van der Waals surface area contributed by atoms with Crippen LogP contribution in [0.5, 0.6) is 0 Å². The molecule has 4 nitrogen and oxygen atoms in total. The van der Waals surface area contributed by atoms with Gasteiger partial charge in [0.25, 0.3) is 5.91 Å². The molecule has 1 aromatic heterocycles. The van der Waals surface area contributed by atoms with Crippen LogP contribution in [0.3, 0.4) is 0 Å². The fourth-order valence-corrected chi connectivity index (χ4v) is 3.28. The zero-order valence-electron chi connectivity index (χ0n) is 13.3. The first-order valence-corrected chi connectivity index (χ1v) is 8.43. The summed E-state index contributed by atoms with van der Waals surface area (Å²) in [5.41, 5.74) is 2.67. The highest BCUT2D eigenvalue weighted by molar-refractivity contribution is 6.40. The molecule has 6 heteroatoms. The number of benzene rings is 2. The highest BCUT2D eigenvalue weighted by atomic mass is 35.5. The molecule has 0 spiro atoms. The number of hydrogen-bond acceptors (Lipinski definition) is 3. The molecule has 0 aliphatic heterocycles. The number of nitrogens with zero attached hydrogens (tertiary/aromatic N) is 1. The molecule has 0 unspecified atom stereocenters. The molecule has 126 valence electrons. The van der Waals surface area contributed by atoms with Crippen molar-refractivity contribution >= 4 is 52.0 Å². The van der Waals surface area contributed by atoms with E-state index in [0.717, 1.165) is 11.8 Å². The lowest BCUT2D eigenvalue weighted by atomic mass is 10.0. The van der Waals surface area contributed by atoms with Gasteiger partial charge in [0.05, 0.1) is 26.8 Å². The number of aromatic nitrogens is 1. The van der Waals surface area contributed by atoms with Crippen molar-refractivity contribution in [2.45, 2.75) is 13.3 Å². The van der Waals surface area contributed by atoms with E-state index in [1.807, 2.05) is 13.0 Å². The van der Waals surface area contributed by atoms with Crippen molar-refractivity contribution in [3.05, 3.63) is 69.3 Å². The lowest BCUT2D eigenvalue weighted by Gasteiger charge is -2.12. The molecular formula is C19H14Cl2N2O2. The third-order valence-corrected chi connectivity index (χ3v) is 4.59. The van der Waals surface area contributed by atoms with Crippen LogP contribution in [0.4, 0.5) is 5.69 Å². The van der Waals surface area contributed by atoms with Gasteiger partial charge in [0.15, 0.2) is 6.29 Å². The van der Waals surface area contributed by atoms with Crippen LogP contribution in [0.2, 0.25) is 10.0 Å². The minimum absolute atomic E-state index is 0.198. The number of rotatable bonds is 4. The van der Waals surface area contributed by atoms with E-state index < -0.39 is 5.91 Å². The van der Waals surface area contributed by atoms with Gasteiger partial charge in [-0.25, -0.2) is 0 Å². The summed E-state index contributed by atoms with van der Waals surface area (Å²) in [6.45, 7) is 1.96. The molecule has 3 aromatic rings. The van der Waals surface area contributed by atoms with Crippen LogP contribution in [-0.2, 0) is 6.42 Å². The zero-order valence-corrected chi connectivity index (χ0v) is 14.9. The van der Waals surface area contributed by atoms with Crippen LogP contribution in [-0.4, -0.2) is 17.2 Å². The van der Waals surface area contributed by atoms with Gasteiger partial charge in [-0.3, -0.25) is 14.6 Å². The molecule has 0 bridgehead atoms. The summed E-state index contributed by atoms with van der Waals surface area (Å²) < 4.78 is 0. The van der Waals surface area contributed by atoms with Crippen molar-refractivity contribution < 1.29 is 9.59 Å². The molecule has 0 radical (unpaired) electrons. The average molecular weight is 373 g/mol. The van der Waals surface area contributed by atoms with E-state index in [-0.39, 0.29) is 15.6 Å². The Kier molecular flexibility index (Phi) is 5.02. The number of fused-ring (bicyclic) bond motifs is 1. The van der Waals surface area contributed by atoms with Gasteiger partial charge < -0.3 is 5.32 Å². The topological polar surface area (TPSA) is 59.1 Å². The molecule has 3 rings (SSSR count). The van der Waals surface area contributed by atoms with Crippen LogP contribution in [0.15, 0.2) is 42.6 Å². The summed E-state index contributed by atoms with van der Waals surface area (Å²) >= 11 is 12.2. The van der Waals surface area contributed by atoms with Gasteiger partial charge >= 0.3 is 0 Å². The van der Waals surface area contributed by atoms with Crippen molar-refractivity contribution in [1.82, 2.24) is 4.98 Å². The maximum absolute atomic E-state index is 12.6. The molecule has 0 saturated heterocycles. The molecule has 0 aliphatic carbocycles. The Balaban J connectivity index is 2.08. The van der Waals surface area contributed by atoms with Crippen LogP contribution >= 0.6 is 23.2 Å². The van der Waals surface area contributed by atoms with E-state index in [1.165, 1.54) is 0 Å². The molecule has 0 aliphatic rings. The molecule has 25 heavy (non-hydrogen) atoms. The van der Waals surface area contributed by atoms with Crippen molar-refractivity contribution in [3.63, 3.8) is 0 Å². The van der Waals surface area contributed by atoms with Gasteiger partial charge in [-0.2, -0.15) is 0 Å². The van der Waals surface area contributed by atoms with Crippen molar-refractivity contribution in [2.75, 3.05) is 5.32 Å². The third kappa shape index (κ3) is 3.23. The quantitative estimate of drug-likeness (QED) is 0.642. The number of para-hydroxylation sites is 1. The van der Waals surface area contributed by atoms with E-state index in [9.17, 15) is 9.59 Å².